The van der Waals surface area contributed by atoms with Crippen molar-refractivity contribution in [1.29, 1.82) is 0 Å². The molecule has 2 atom stereocenters. The number of rotatable bonds is 3. The highest BCUT2D eigenvalue weighted by Gasteiger charge is 2.24. The Bertz CT molecular complexity index is 511. The Kier molecular flexibility index (Phi) is 2.88. The Morgan fingerprint density at radius 3 is 3.24 bits per heavy atom. The quantitative estimate of drug-likeness (QED) is 0.899. The van der Waals surface area contributed by atoms with Crippen LogP contribution in [0.5, 0.6) is 0 Å². The number of hydrogen-bond acceptors (Lipinski definition) is 5. The Labute approximate surface area is 104 Å². The van der Waals surface area contributed by atoms with Crippen LogP contribution in [0.15, 0.2) is 18.7 Å². The van der Waals surface area contributed by atoms with Crippen molar-refractivity contribution in [3.8, 4) is 0 Å². The second kappa shape index (κ2) is 4.52. The van der Waals surface area contributed by atoms with Crippen LogP contribution in [0.1, 0.15) is 19.3 Å². The molecule has 5 nitrogen and oxygen atoms in total. The van der Waals surface area contributed by atoms with Gasteiger partial charge in [-0.15, -0.1) is 10.2 Å². The van der Waals surface area contributed by atoms with Crippen LogP contribution in [0.2, 0.25) is 0 Å². The summed E-state index contributed by atoms with van der Waals surface area (Å²) in [7, 11) is 0. The fourth-order valence-electron chi connectivity index (χ4n) is 2.34. The molecule has 1 fully saturated rings. The third-order valence-electron chi connectivity index (χ3n) is 3.27. The minimum atomic E-state index is 0.517. The molecular weight excluding hydrogens is 234 g/mol. The molecule has 0 radical (unpaired) electrons. The number of thioether (sulfide) groups is 1. The second-order valence-corrected chi connectivity index (χ2v) is 5.49. The Morgan fingerprint density at radius 1 is 1.47 bits per heavy atom. The summed E-state index contributed by atoms with van der Waals surface area (Å²) < 4.78 is 1.89. The van der Waals surface area contributed by atoms with Crippen molar-refractivity contribution in [3.05, 3.63) is 18.7 Å². The zero-order chi connectivity index (χ0) is 11.7. The van der Waals surface area contributed by atoms with Crippen LogP contribution in [0.4, 0.5) is 5.82 Å². The number of hydrogen-bond donors (Lipinski definition) is 1. The van der Waals surface area contributed by atoms with Crippen LogP contribution < -0.4 is 5.32 Å². The minimum absolute atomic E-state index is 0.517. The molecule has 1 aliphatic rings. The van der Waals surface area contributed by atoms with Crippen molar-refractivity contribution in [1.82, 2.24) is 19.6 Å². The molecule has 1 N–H and O–H groups in total. The van der Waals surface area contributed by atoms with E-state index in [2.05, 4.69) is 26.8 Å². The molecule has 0 amide bonds. The third-order valence-corrected chi connectivity index (χ3v) is 4.37. The lowest BCUT2D eigenvalue weighted by Gasteiger charge is -2.13. The van der Waals surface area contributed by atoms with Gasteiger partial charge in [0.2, 0.25) is 5.65 Å². The van der Waals surface area contributed by atoms with E-state index in [9.17, 15) is 0 Å². The van der Waals surface area contributed by atoms with Gasteiger partial charge in [0.05, 0.1) is 0 Å². The van der Waals surface area contributed by atoms with Gasteiger partial charge < -0.3 is 5.32 Å². The van der Waals surface area contributed by atoms with E-state index in [1.165, 1.54) is 19.3 Å². The van der Waals surface area contributed by atoms with Crippen molar-refractivity contribution >= 4 is 23.2 Å². The molecule has 17 heavy (non-hydrogen) atoms. The topological polar surface area (TPSA) is 55.1 Å². The zero-order valence-corrected chi connectivity index (χ0v) is 10.5. The third kappa shape index (κ3) is 2.09. The highest BCUT2D eigenvalue weighted by Crippen LogP contribution is 2.30. The normalized spacial score (nSPS) is 24.3. The van der Waals surface area contributed by atoms with E-state index in [-0.39, 0.29) is 0 Å². The Morgan fingerprint density at radius 2 is 2.41 bits per heavy atom. The average Bonchev–Trinajstić information content (AvgIpc) is 2.97. The van der Waals surface area contributed by atoms with Gasteiger partial charge in [-0.3, -0.25) is 4.40 Å². The number of aromatic nitrogens is 4. The lowest BCUT2D eigenvalue weighted by molar-refractivity contribution is 0.752. The maximum atomic E-state index is 4.35. The summed E-state index contributed by atoms with van der Waals surface area (Å²) in [4.78, 5) is 4.35. The summed E-state index contributed by atoms with van der Waals surface area (Å²) >= 11 is 1.96. The second-order valence-electron chi connectivity index (χ2n) is 4.35. The number of nitrogens with one attached hydrogen (secondary N) is 1. The van der Waals surface area contributed by atoms with Gasteiger partial charge in [0.15, 0.2) is 5.82 Å². The maximum Gasteiger partial charge on any atom is 0.203 e. The van der Waals surface area contributed by atoms with Crippen LogP contribution in [-0.4, -0.2) is 37.1 Å². The average molecular weight is 249 g/mol. The number of nitrogens with zero attached hydrogens (tertiary/aromatic N) is 4. The molecule has 0 bridgehead atoms. The van der Waals surface area contributed by atoms with E-state index >= 15 is 0 Å². The van der Waals surface area contributed by atoms with E-state index in [0.29, 0.717) is 6.04 Å². The van der Waals surface area contributed by atoms with E-state index < -0.39 is 0 Å². The fourth-order valence-corrected chi connectivity index (χ4v) is 3.14. The molecule has 0 spiro atoms. The van der Waals surface area contributed by atoms with Gasteiger partial charge >= 0.3 is 0 Å². The van der Waals surface area contributed by atoms with Gasteiger partial charge in [0.1, 0.15) is 6.33 Å². The van der Waals surface area contributed by atoms with Crippen molar-refractivity contribution < 1.29 is 0 Å². The summed E-state index contributed by atoms with van der Waals surface area (Å²) in [5.41, 5.74) is 0.806. The standard InChI is InChI=1S/C11H15N5S/c1-17-9-3-2-8(6-9)14-10-11-15-13-7-16(11)5-4-12-10/h4-5,7-9H,2-3,6H2,1H3,(H,12,14). The molecule has 90 valence electrons. The lowest BCUT2D eigenvalue weighted by atomic mass is 10.2. The maximum absolute atomic E-state index is 4.35. The summed E-state index contributed by atoms with van der Waals surface area (Å²) in [6.45, 7) is 0. The van der Waals surface area contributed by atoms with Gasteiger partial charge in [-0.25, -0.2) is 4.98 Å². The molecule has 2 heterocycles. The van der Waals surface area contributed by atoms with E-state index in [4.69, 9.17) is 0 Å². The van der Waals surface area contributed by atoms with Crippen LogP contribution in [0, 0.1) is 0 Å². The van der Waals surface area contributed by atoms with Crippen LogP contribution in [-0.2, 0) is 0 Å². The van der Waals surface area contributed by atoms with Crippen LogP contribution in [0.3, 0.4) is 0 Å². The van der Waals surface area contributed by atoms with E-state index in [1.807, 2.05) is 22.4 Å². The first-order valence-corrected chi connectivity index (χ1v) is 7.09. The first kappa shape index (κ1) is 10.8. The lowest BCUT2D eigenvalue weighted by Crippen LogP contribution is -2.17. The highest BCUT2D eigenvalue weighted by molar-refractivity contribution is 7.99. The van der Waals surface area contributed by atoms with Gasteiger partial charge in [0.25, 0.3) is 0 Å². The molecule has 0 aromatic carbocycles. The molecule has 0 saturated heterocycles. The monoisotopic (exact) mass is 249 g/mol. The van der Waals surface area contributed by atoms with Gasteiger partial charge in [-0.1, -0.05) is 0 Å². The first-order valence-electron chi connectivity index (χ1n) is 5.80. The molecule has 2 unspecified atom stereocenters. The van der Waals surface area contributed by atoms with Gasteiger partial charge in [-0.2, -0.15) is 11.8 Å². The summed E-state index contributed by atoms with van der Waals surface area (Å²) in [6, 6.07) is 0.517. The molecule has 2 aromatic heterocycles. The van der Waals surface area contributed by atoms with Gasteiger partial charge in [-0.05, 0) is 25.5 Å². The first-order chi connectivity index (χ1) is 8.36. The molecule has 6 heteroatoms. The van der Waals surface area contributed by atoms with Crippen molar-refractivity contribution in [3.63, 3.8) is 0 Å². The number of anilines is 1. The van der Waals surface area contributed by atoms with Gasteiger partial charge in [0, 0.05) is 23.7 Å². The summed E-state index contributed by atoms with van der Waals surface area (Å²) in [5, 5.41) is 12.2. The fraction of sp³-hybridized carbons (Fsp3) is 0.545. The molecule has 1 aliphatic carbocycles. The predicted octanol–water partition coefficient (Wildman–Crippen LogP) is 1.82. The smallest absolute Gasteiger partial charge is 0.203 e. The largest absolute Gasteiger partial charge is 0.364 e. The molecular formula is C11H15N5S. The van der Waals surface area contributed by atoms with Crippen molar-refractivity contribution in [2.24, 2.45) is 0 Å². The van der Waals surface area contributed by atoms with E-state index in [0.717, 1.165) is 16.7 Å². The summed E-state index contributed by atoms with van der Waals surface area (Å²) in [6.07, 6.45) is 11.2. The van der Waals surface area contributed by atoms with Crippen LogP contribution >= 0.6 is 11.8 Å². The Balaban J connectivity index is 1.79. The molecule has 1 saturated carbocycles. The minimum Gasteiger partial charge on any atom is -0.364 e. The number of fused-ring (bicyclic) bond motifs is 1. The molecule has 0 aliphatic heterocycles. The van der Waals surface area contributed by atoms with E-state index in [1.54, 1.807) is 12.5 Å². The molecule has 2 aromatic rings. The van der Waals surface area contributed by atoms with Crippen molar-refractivity contribution in [2.45, 2.75) is 30.6 Å². The summed E-state index contributed by atoms with van der Waals surface area (Å²) in [5.74, 6) is 0.844. The SMILES string of the molecule is CSC1CCC(Nc2nccn3cnnc23)C1. The predicted molar refractivity (Wildman–Crippen MR) is 69.3 cm³/mol. The zero-order valence-electron chi connectivity index (χ0n) is 9.71. The Hall–Kier alpha value is -1.30. The highest BCUT2D eigenvalue weighted by atomic mass is 32.2. The van der Waals surface area contributed by atoms with Crippen molar-refractivity contribution in [2.75, 3.05) is 11.6 Å². The molecule has 3 rings (SSSR count). The van der Waals surface area contributed by atoms with Crippen LogP contribution in [0.25, 0.3) is 5.65 Å².